The molecule has 0 radical (unpaired) electrons. The van der Waals surface area contributed by atoms with E-state index in [2.05, 4.69) is 0 Å². The number of carbonyl (C=O) groups excluding carboxylic acids is 2. The monoisotopic (exact) mass is 406 g/mol. The summed E-state index contributed by atoms with van der Waals surface area (Å²) in [7, 11) is 1.57. The van der Waals surface area contributed by atoms with Gasteiger partial charge in [-0.3, -0.25) is 9.59 Å². The van der Waals surface area contributed by atoms with E-state index in [9.17, 15) is 9.59 Å². The number of aryl methyl sites for hydroxylation is 1. The normalized spacial score (nSPS) is 13.9. The van der Waals surface area contributed by atoms with E-state index in [1.807, 2.05) is 18.4 Å². The molecule has 2 aromatic carbocycles. The molecule has 6 heteroatoms. The largest absolute Gasteiger partial charge is 0.497 e. The minimum Gasteiger partial charge on any atom is -0.497 e. The standard InChI is InChI=1S/C23H18O5S/c1-14-9-10-29-22(14)12-21-23(25)18-8-7-17(11-20(18)28-21)27-13-19(24)15-3-5-16(26-2)6-4-15/h3-12H,13H2,1-2H3/b21-12-. The first-order valence-corrected chi connectivity index (χ1v) is 9.85. The van der Waals surface area contributed by atoms with Gasteiger partial charge in [-0.25, -0.2) is 0 Å². The number of rotatable bonds is 6. The van der Waals surface area contributed by atoms with Crippen LogP contribution in [0.5, 0.6) is 17.2 Å². The van der Waals surface area contributed by atoms with Crippen LogP contribution in [-0.4, -0.2) is 25.3 Å². The lowest BCUT2D eigenvalue weighted by Gasteiger charge is -2.07. The molecule has 0 aliphatic carbocycles. The predicted octanol–water partition coefficient (Wildman–Crippen LogP) is 4.94. The highest BCUT2D eigenvalue weighted by Crippen LogP contribution is 2.35. The molecule has 0 bridgehead atoms. The highest BCUT2D eigenvalue weighted by atomic mass is 32.1. The van der Waals surface area contributed by atoms with Crippen molar-refractivity contribution in [2.75, 3.05) is 13.7 Å². The molecular weight excluding hydrogens is 388 g/mol. The van der Waals surface area contributed by atoms with E-state index in [1.165, 1.54) is 0 Å². The number of hydrogen-bond acceptors (Lipinski definition) is 6. The van der Waals surface area contributed by atoms with Crippen LogP contribution in [0.3, 0.4) is 0 Å². The van der Waals surface area contributed by atoms with Crippen LogP contribution in [0.1, 0.15) is 31.2 Å². The zero-order valence-electron chi connectivity index (χ0n) is 15.9. The third kappa shape index (κ3) is 3.93. The Morgan fingerprint density at radius 1 is 1.10 bits per heavy atom. The van der Waals surface area contributed by atoms with Crippen molar-refractivity contribution in [3.8, 4) is 17.2 Å². The Kier molecular flexibility index (Phi) is 5.18. The van der Waals surface area contributed by atoms with Gasteiger partial charge >= 0.3 is 0 Å². The minimum absolute atomic E-state index is 0.115. The van der Waals surface area contributed by atoms with Crippen LogP contribution in [0.2, 0.25) is 0 Å². The van der Waals surface area contributed by atoms with Crippen molar-refractivity contribution in [3.05, 3.63) is 81.2 Å². The average molecular weight is 406 g/mol. The van der Waals surface area contributed by atoms with Crippen LogP contribution in [-0.2, 0) is 0 Å². The smallest absolute Gasteiger partial charge is 0.232 e. The van der Waals surface area contributed by atoms with E-state index in [0.29, 0.717) is 28.4 Å². The second-order valence-electron chi connectivity index (χ2n) is 6.51. The highest BCUT2D eigenvalue weighted by Gasteiger charge is 2.28. The maximum absolute atomic E-state index is 12.6. The van der Waals surface area contributed by atoms with Crippen molar-refractivity contribution in [3.63, 3.8) is 0 Å². The number of thiophene rings is 1. The van der Waals surface area contributed by atoms with Crippen molar-refractivity contribution in [2.45, 2.75) is 6.92 Å². The predicted molar refractivity (Wildman–Crippen MR) is 111 cm³/mol. The topological polar surface area (TPSA) is 61.8 Å². The fourth-order valence-corrected chi connectivity index (χ4v) is 3.77. The molecule has 1 aliphatic rings. The van der Waals surface area contributed by atoms with Gasteiger partial charge in [-0.15, -0.1) is 11.3 Å². The number of allylic oxidation sites excluding steroid dienone is 1. The summed E-state index contributed by atoms with van der Waals surface area (Å²) in [6.45, 7) is 1.87. The third-order valence-corrected chi connectivity index (χ3v) is 5.55. The van der Waals surface area contributed by atoms with Gasteiger partial charge in [0.2, 0.25) is 5.78 Å². The molecule has 0 saturated heterocycles. The summed E-state index contributed by atoms with van der Waals surface area (Å²) in [5, 5.41) is 1.97. The van der Waals surface area contributed by atoms with Gasteiger partial charge < -0.3 is 14.2 Å². The van der Waals surface area contributed by atoms with Gasteiger partial charge in [0.15, 0.2) is 18.1 Å². The fourth-order valence-electron chi connectivity index (χ4n) is 2.92. The lowest BCUT2D eigenvalue weighted by molar-refractivity contribution is 0.0921. The SMILES string of the molecule is COc1ccc(C(=O)COc2ccc3c(c2)O/C(=C\c2sccc2C)C3=O)cc1. The summed E-state index contributed by atoms with van der Waals surface area (Å²) < 4.78 is 16.4. The number of ether oxygens (including phenoxy) is 3. The molecule has 2 heterocycles. The van der Waals surface area contributed by atoms with Crippen LogP contribution in [0.4, 0.5) is 0 Å². The van der Waals surface area contributed by atoms with Crippen LogP contribution in [0, 0.1) is 6.92 Å². The van der Waals surface area contributed by atoms with E-state index >= 15 is 0 Å². The molecule has 146 valence electrons. The van der Waals surface area contributed by atoms with Gasteiger partial charge in [-0.2, -0.15) is 0 Å². The van der Waals surface area contributed by atoms with Gasteiger partial charge in [-0.1, -0.05) is 0 Å². The molecule has 0 amide bonds. The minimum atomic E-state index is -0.159. The molecule has 1 aromatic heterocycles. The van der Waals surface area contributed by atoms with Gasteiger partial charge in [0.1, 0.15) is 17.2 Å². The van der Waals surface area contributed by atoms with E-state index in [-0.39, 0.29) is 23.9 Å². The van der Waals surface area contributed by atoms with E-state index < -0.39 is 0 Å². The molecule has 29 heavy (non-hydrogen) atoms. The van der Waals surface area contributed by atoms with Crippen LogP contribution >= 0.6 is 11.3 Å². The Balaban J connectivity index is 1.45. The number of Topliss-reactive ketones (excluding diaryl/α,β-unsaturated/α-hetero) is 2. The number of fused-ring (bicyclic) bond motifs is 1. The zero-order chi connectivity index (χ0) is 20.4. The first-order chi connectivity index (χ1) is 14.0. The molecule has 4 rings (SSSR count). The summed E-state index contributed by atoms with van der Waals surface area (Å²) in [6.07, 6.45) is 1.76. The molecule has 3 aromatic rings. The highest BCUT2D eigenvalue weighted by molar-refractivity contribution is 7.11. The Labute approximate surface area is 172 Å². The first kappa shape index (κ1) is 19.0. The molecule has 0 fully saturated rings. The summed E-state index contributed by atoms with van der Waals surface area (Å²) >= 11 is 1.55. The van der Waals surface area contributed by atoms with E-state index in [1.54, 1.807) is 67.0 Å². The first-order valence-electron chi connectivity index (χ1n) is 8.97. The lowest BCUT2D eigenvalue weighted by atomic mass is 10.1. The second-order valence-corrected chi connectivity index (χ2v) is 7.45. The molecular formula is C23H18O5S. The van der Waals surface area contributed by atoms with Gasteiger partial charge in [0, 0.05) is 22.6 Å². The molecule has 0 unspecified atom stereocenters. The number of ketones is 2. The zero-order valence-corrected chi connectivity index (χ0v) is 16.7. The average Bonchev–Trinajstić information content (AvgIpc) is 3.29. The number of benzene rings is 2. The number of carbonyl (C=O) groups is 2. The Bertz CT molecular complexity index is 1110. The Morgan fingerprint density at radius 2 is 1.86 bits per heavy atom. The van der Waals surface area contributed by atoms with E-state index in [4.69, 9.17) is 14.2 Å². The van der Waals surface area contributed by atoms with Crippen molar-refractivity contribution >= 4 is 29.0 Å². The Hall–Kier alpha value is -3.38. The maximum atomic E-state index is 12.6. The van der Waals surface area contributed by atoms with Crippen molar-refractivity contribution < 1.29 is 23.8 Å². The molecule has 0 N–H and O–H groups in total. The van der Waals surface area contributed by atoms with Crippen molar-refractivity contribution in [1.82, 2.24) is 0 Å². The summed E-state index contributed by atoms with van der Waals surface area (Å²) in [4.78, 5) is 25.8. The summed E-state index contributed by atoms with van der Waals surface area (Å²) in [5.41, 5.74) is 2.12. The lowest BCUT2D eigenvalue weighted by Crippen LogP contribution is -2.11. The van der Waals surface area contributed by atoms with Crippen LogP contribution < -0.4 is 14.2 Å². The van der Waals surface area contributed by atoms with Crippen LogP contribution in [0.15, 0.2) is 59.7 Å². The van der Waals surface area contributed by atoms with Crippen molar-refractivity contribution in [1.29, 1.82) is 0 Å². The third-order valence-electron chi connectivity index (χ3n) is 4.59. The van der Waals surface area contributed by atoms with E-state index in [0.717, 1.165) is 10.4 Å². The maximum Gasteiger partial charge on any atom is 0.232 e. The van der Waals surface area contributed by atoms with Gasteiger partial charge in [0.25, 0.3) is 0 Å². The fraction of sp³-hybridized carbons (Fsp3) is 0.130. The number of hydrogen-bond donors (Lipinski definition) is 0. The van der Waals surface area contributed by atoms with Gasteiger partial charge in [-0.05, 0) is 60.3 Å². The Morgan fingerprint density at radius 3 is 2.55 bits per heavy atom. The summed E-state index contributed by atoms with van der Waals surface area (Å²) in [5.74, 6) is 1.56. The van der Waals surface area contributed by atoms with Crippen molar-refractivity contribution in [2.24, 2.45) is 0 Å². The second kappa shape index (κ2) is 7.93. The molecule has 0 atom stereocenters. The number of methoxy groups -OCH3 is 1. The molecule has 0 spiro atoms. The quantitative estimate of drug-likeness (QED) is 0.428. The van der Waals surface area contributed by atoms with Crippen LogP contribution in [0.25, 0.3) is 6.08 Å². The van der Waals surface area contributed by atoms with Gasteiger partial charge in [0.05, 0.1) is 12.7 Å². The molecule has 0 saturated carbocycles. The summed E-state index contributed by atoms with van der Waals surface area (Å²) in [6, 6.07) is 13.8. The molecule has 5 nitrogen and oxygen atoms in total. The molecule has 1 aliphatic heterocycles.